The first-order valence-electron chi connectivity index (χ1n) is 10.5. The monoisotopic (exact) mass is 478 g/mol. The summed E-state index contributed by atoms with van der Waals surface area (Å²) >= 11 is 1.05. The van der Waals surface area contributed by atoms with Gasteiger partial charge in [0.1, 0.15) is 18.5 Å². The van der Waals surface area contributed by atoms with Gasteiger partial charge in [-0.25, -0.2) is 14.6 Å². The lowest BCUT2D eigenvalue weighted by Crippen LogP contribution is -2.36. The first-order valence-corrected chi connectivity index (χ1v) is 11.3. The number of primary amides is 1. The summed E-state index contributed by atoms with van der Waals surface area (Å²) in [4.78, 5) is 35.0. The molecule has 34 heavy (non-hydrogen) atoms. The second-order valence-electron chi connectivity index (χ2n) is 7.38. The maximum absolute atomic E-state index is 12.4. The van der Waals surface area contributed by atoms with Crippen molar-refractivity contribution in [3.63, 3.8) is 0 Å². The number of nitrogens with one attached hydrogen (secondary N) is 2. The van der Waals surface area contributed by atoms with Crippen LogP contribution < -0.4 is 21.3 Å². The molecule has 0 spiro atoms. The third-order valence-electron chi connectivity index (χ3n) is 5.07. The van der Waals surface area contributed by atoms with E-state index in [9.17, 15) is 9.59 Å². The van der Waals surface area contributed by atoms with Crippen LogP contribution in [0.1, 0.15) is 29.6 Å². The number of anilines is 2. The third-order valence-corrected chi connectivity index (χ3v) is 5.84. The van der Waals surface area contributed by atoms with E-state index in [1.165, 1.54) is 12.8 Å². The molecule has 1 saturated heterocycles. The number of nitrogens with two attached hydrogens (primary N) is 1. The summed E-state index contributed by atoms with van der Waals surface area (Å²) < 4.78 is 4.91. The quantitative estimate of drug-likeness (QED) is 0.439. The summed E-state index contributed by atoms with van der Waals surface area (Å²) in [7, 11) is 0. The minimum atomic E-state index is -0.963. The fourth-order valence-corrected chi connectivity index (χ4v) is 4.01. The van der Waals surface area contributed by atoms with Crippen molar-refractivity contribution in [2.24, 2.45) is 5.73 Å². The molecule has 3 aromatic heterocycles. The van der Waals surface area contributed by atoms with Crippen LogP contribution in [0.4, 0.5) is 20.5 Å². The van der Waals surface area contributed by atoms with E-state index in [1.807, 2.05) is 24.3 Å². The van der Waals surface area contributed by atoms with E-state index in [1.54, 1.807) is 12.3 Å². The number of aromatic nitrogens is 4. The molecule has 4 heterocycles. The highest BCUT2D eigenvalue weighted by Gasteiger charge is 2.20. The zero-order valence-corrected chi connectivity index (χ0v) is 18.9. The zero-order valence-electron chi connectivity index (χ0n) is 18.1. The number of terminal acetylenes is 1. The fraction of sp³-hybridized carbons (Fsp3) is 0.273. The SMILES string of the molecule is C#Cc1nnc(NC(=O)NC(COC(N)=O)c2ccc(-c3cccc(N4CCCC4)n3)cn2)s1. The van der Waals surface area contributed by atoms with Gasteiger partial charge in [-0.1, -0.05) is 17.4 Å². The Morgan fingerprint density at radius 3 is 2.74 bits per heavy atom. The number of hydrogen-bond donors (Lipinski definition) is 3. The summed E-state index contributed by atoms with van der Waals surface area (Å²) in [6, 6.07) is 8.12. The molecule has 4 rings (SSSR count). The first kappa shape index (κ1) is 22.9. The molecule has 0 bridgehead atoms. The molecule has 1 atom stereocenters. The molecule has 174 valence electrons. The summed E-state index contributed by atoms with van der Waals surface area (Å²) in [6.45, 7) is 1.80. The molecule has 0 aromatic carbocycles. The van der Waals surface area contributed by atoms with E-state index >= 15 is 0 Å². The highest BCUT2D eigenvalue weighted by molar-refractivity contribution is 7.15. The molecular formula is C22H22N8O3S. The number of ether oxygens (including phenoxy) is 1. The number of hydrogen-bond acceptors (Lipinski definition) is 9. The molecular weight excluding hydrogens is 456 g/mol. The largest absolute Gasteiger partial charge is 0.447 e. The van der Waals surface area contributed by atoms with Gasteiger partial charge in [-0.05, 0) is 43.0 Å². The standard InChI is InChI=1S/C22H22N8O3S/c1-2-19-28-29-22(34-19)27-21(32)26-17(13-33-20(23)31)16-9-8-14(12-24-16)15-6-5-7-18(25-15)30-10-3-4-11-30/h1,5-9,12,17H,3-4,10-11,13H2,(H2,23,31)(H2,26,27,29,32). The van der Waals surface area contributed by atoms with E-state index in [0.717, 1.165) is 41.5 Å². The Kier molecular flexibility index (Phi) is 7.14. The lowest BCUT2D eigenvalue weighted by Gasteiger charge is -2.18. The van der Waals surface area contributed by atoms with Crippen LogP contribution in [0.3, 0.4) is 0 Å². The van der Waals surface area contributed by atoms with Crippen LogP contribution in [0.15, 0.2) is 36.5 Å². The number of rotatable bonds is 7. The molecule has 4 N–H and O–H groups in total. The summed E-state index contributed by atoms with van der Waals surface area (Å²) in [5.74, 6) is 3.28. The van der Waals surface area contributed by atoms with Gasteiger partial charge in [0.15, 0.2) is 5.01 Å². The molecule has 3 amide bonds. The normalized spacial score (nSPS) is 13.7. The molecule has 1 unspecified atom stereocenters. The number of carbonyl (C=O) groups excluding carboxylic acids is 2. The van der Waals surface area contributed by atoms with E-state index in [-0.39, 0.29) is 11.7 Å². The molecule has 1 aliphatic rings. The van der Waals surface area contributed by atoms with Gasteiger partial charge < -0.3 is 20.7 Å². The van der Waals surface area contributed by atoms with Gasteiger partial charge in [0, 0.05) is 24.8 Å². The maximum Gasteiger partial charge on any atom is 0.404 e. The predicted molar refractivity (Wildman–Crippen MR) is 127 cm³/mol. The van der Waals surface area contributed by atoms with Crippen molar-refractivity contribution in [3.8, 4) is 23.6 Å². The van der Waals surface area contributed by atoms with Crippen molar-refractivity contribution in [1.29, 1.82) is 0 Å². The Hall–Kier alpha value is -4.24. The van der Waals surface area contributed by atoms with Crippen molar-refractivity contribution in [2.45, 2.75) is 18.9 Å². The minimum Gasteiger partial charge on any atom is -0.447 e. The number of urea groups is 1. The molecule has 0 aliphatic carbocycles. The Morgan fingerprint density at radius 2 is 2.06 bits per heavy atom. The van der Waals surface area contributed by atoms with Gasteiger partial charge in [-0.2, -0.15) is 0 Å². The van der Waals surface area contributed by atoms with Gasteiger partial charge in [0.2, 0.25) is 5.13 Å². The number of carbonyl (C=O) groups is 2. The molecule has 0 saturated carbocycles. The summed E-state index contributed by atoms with van der Waals surface area (Å²) in [5.41, 5.74) is 7.18. The fourth-order valence-electron chi connectivity index (χ4n) is 3.46. The predicted octanol–water partition coefficient (Wildman–Crippen LogP) is 2.53. The van der Waals surface area contributed by atoms with Crippen LogP contribution in [-0.2, 0) is 4.74 Å². The van der Waals surface area contributed by atoms with Crippen LogP contribution in [0.2, 0.25) is 0 Å². The van der Waals surface area contributed by atoms with Crippen LogP contribution in [0.25, 0.3) is 11.3 Å². The average Bonchev–Trinajstić information content (AvgIpc) is 3.54. The molecule has 12 heteroatoms. The van der Waals surface area contributed by atoms with Crippen LogP contribution in [0.5, 0.6) is 0 Å². The van der Waals surface area contributed by atoms with Crippen molar-refractivity contribution in [3.05, 3.63) is 47.2 Å². The lowest BCUT2D eigenvalue weighted by molar-refractivity contribution is 0.143. The second kappa shape index (κ2) is 10.6. The summed E-state index contributed by atoms with van der Waals surface area (Å²) in [5, 5.41) is 13.3. The molecule has 0 radical (unpaired) electrons. The molecule has 3 aromatic rings. The Labute approximate surface area is 199 Å². The highest BCUT2D eigenvalue weighted by Crippen LogP contribution is 2.24. The Bertz CT molecular complexity index is 1200. The van der Waals surface area contributed by atoms with E-state index < -0.39 is 18.2 Å². The highest BCUT2D eigenvalue weighted by atomic mass is 32.1. The zero-order chi connectivity index (χ0) is 23.9. The van der Waals surface area contributed by atoms with Gasteiger partial charge in [-0.3, -0.25) is 10.3 Å². The Morgan fingerprint density at radius 1 is 1.24 bits per heavy atom. The second-order valence-corrected chi connectivity index (χ2v) is 8.36. The molecule has 1 aliphatic heterocycles. The number of amides is 3. The van der Waals surface area contributed by atoms with Crippen LogP contribution >= 0.6 is 11.3 Å². The average molecular weight is 479 g/mol. The van der Waals surface area contributed by atoms with Crippen LogP contribution in [-0.4, -0.2) is 52.0 Å². The molecule has 11 nitrogen and oxygen atoms in total. The maximum atomic E-state index is 12.4. The number of nitrogens with zero attached hydrogens (tertiary/aromatic N) is 5. The van der Waals surface area contributed by atoms with Gasteiger partial charge in [0.05, 0.1) is 11.4 Å². The van der Waals surface area contributed by atoms with Crippen molar-refractivity contribution >= 4 is 34.4 Å². The van der Waals surface area contributed by atoms with Gasteiger partial charge in [0.25, 0.3) is 0 Å². The van der Waals surface area contributed by atoms with E-state index in [2.05, 4.69) is 36.6 Å². The van der Waals surface area contributed by atoms with E-state index in [0.29, 0.717) is 10.7 Å². The van der Waals surface area contributed by atoms with Crippen molar-refractivity contribution < 1.29 is 14.3 Å². The third kappa shape index (κ3) is 5.76. The van der Waals surface area contributed by atoms with Gasteiger partial charge in [-0.15, -0.1) is 16.6 Å². The number of pyridine rings is 2. The lowest BCUT2D eigenvalue weighted by atomic mass is 10.1. The van der Waals surface area contributed by atoms with Crippen molar-refractivity contribution in [2.75, 3.05) is 29.9 Å². The topological polar surface area (TPSA) is 148 Å². The van der Waals surface area contributed by atoms with Crippen molar-refractivity contribution in [1.82, 2.24) is 25.5 Å². The van der Waals surface area contributed by atoms with E-state index in [4.69, 9.17) is 21.9 Å². The minimum absolute atomic E-state index is 0.205. The molecule has 1 fully saturated rings. The smallest absolute Gasteiger partial charge is 0.404 e. The van der Waals surface area contributed by atoms with Crippen LogP contribution in [0, 0.1) is 12.3 Å². The first-order chi connectivity index (χ1) is 16.5. The Balaban J connectivity index is 1.48. The summed E-state index contributed by atoms with van der Waals surface area (Å²) in [6.07, 6.45) is 8.30. The van der Waals surface area contributed by atoms with Gasteiger partial charge >= 0.3 is 12.1 Å².